The Bertz CT molecular complexity index is 1220. The molecule has 1 aromatic heterocycles. The van der Waals surface area contributed by atoms with E-state index in [0.29, 0.717) is 23.6 Å². The second-order valence-electron chi connectivity index (χ2n) is 14.2. The fraction of sp³-hybridized carbons (Fsp3) is 0.588. The summed E-state index contributed by atoms with van der Waals surface area (Å²) in [4.78, 5) is 49.1. The Morgan fingerprint density at radius 3 is 2.17 bits per heavy atom. The van der Waals surface area contributed by atoms with E-state index in [2.05, 4.69) is 25.8 Å². The maximum absolute atomic E-state index is 14.6. The first-order valence-corrected chi connectivity index (χ1v) is 15.0. The molecule has 222 valence electrons. The molecule has 7 nitrogen and oxygen atoms in total. The molecule has 2 aliphatic rings. The molecule has 1 aliphatic carbocycles. The number of amides is 2. The van der Waals surface area contributed by atoms with Crippen LogP contribution in [0.15, 0.2) is 48.8 Å². The van der Waals surface area contributed by atoms with Crippen LogP contribution in [0.4, 0.5) is 10.5 Å². The largest absolute Gasteiger partial charge is 0.444 e. The highest BCUT2D eigenvalue weighted by Crippen LogP contribution is 2.40. The maximum Gasteiger partial charge on any atom is 0.410 e. The molecule has 1 aliphatic heterocycles. The van der Waals surface area contributed by atoms with Crippen LogP contribution >= 0.6 is 0 Å². The maximum atomic E-state index is 14.6. The summed E-state index contributed by atoms with van der Waals surface area (Å²) in [7, 11) is 0. The molecule has 1 aromatic carbocycles. The third-order valence-corrected chi connectivity index (χ3v) is 8.26. The van der Waals surface area contributed by atoms with Crippen LogP contribution in [-0.2, 0) is 19.7 Å². The van der Waals surface area contributed by atoms with Crippen molar-refractivity contribution in [3.8, 4) is 0 Å². The number of aromatic nitrogens is 1. The van der Waals surface area contributed by atoms with E-state index in [-0.39, 0.29) is 30.2 Å². The lowest BCUT2D eigenvalue weighted by molar-refractivity contribution is -0.138. The number of likely N-dealkylation sites (tertiary alicyclic amines) is 1. The molecule has 1 saturated heterocycles. The van der Waals surface area contributed by atoms with Crippen LogP contribution in [0.1, 0.15) is 104 Å². The highest BCUT2D eigenvalue weighted by atomic mass is 16.6. The van der Waals surface area contributed by atoms with E-state index in [1.54, 1.807) is 22.2 Å². The summed E-state index contributed by atoms with van der Waals surface area (Å²) in [6.45, 7) is 14.3. The van der Waals surface area contributed by atoms with Gasteiger partial charge in [0.05, 0.1) is 5.41 Å². The van der Waals surface area contributed by atoms with E-state index in [9.17, 15) is 14.4 Å². The van der Waals surface area contributed by atoms with Crippen molar-refractivity contribution < 1.29 is 19.1 Å². The number of nitrogens with zero attached hydrogens (tertiary/aromatic N) is 3. The second-order valence-corrected chi connectivity index (χ2v) is 14.2. The average molecular weight is 562 g/mol. The number of hydrogen-bond donors (Lipinski definition) is 0. The van der Waals surface area contributed by atoms with Crippen molar-refractivity contribution in [3.63, 3.8) is 0 Å². The van der Waals surface area contributed by atoms with Crippen LogP contribution in [0.2, 0.25) is 0 Å². The number of carbonyl (C=O) groups is 3. The van der Waals surface area contributed by atoms with Gasteiger partial charge in [0.2, 0.25) is 5.91 Å². The van der Waals surface area contributed by atoms with E-state index in [0.717, 1.165) is 31.2 Å². The van der Waals surface area contributed by atoms with Gasteiger partial charge < -0.3 is 9.64 Å². The van der Waals surface area contributed by atoms with Gasteiger partial charge in [-0.15, -0.1) is 0 Å². The molecule has 2 aromatic rings. The third kappa shape index (κ3) is 7.35. The van der Waals surface area contributed by atoms with Crippen molar-refractivity contribution in [2.45, 2.75) is 104 Å². The number of anilines is 1. The van der Waals surface area contributed by atoms with Gasteiger partial charge in [0, 0.05) is 43.2 Å². The van der Waals surface area contributed by atoms with Gasteiger partial charge >= 0.3 is 6.09 Å². The molecule has 0 spiro atoms. The summed E-state index contributed by atoms with van der Waals surface area (Å²) < 4.78 is 5.54. The van der Waals surface area contributed by atoms with Crippen LogP contribution < -0.4 is 4.90 Å². The van der Waals surface area contributed by atoms with Crippen LogP contribution in [0, 0.1) is 11.3 Å². The fourth-order valence-electron chi connectivity index (χ4n) is 5.99. The summed E-state index contributed by atoms with van der Waals surface area (Å²) in [6.07, 6.45) is 8.98. The smallest absolute Gasteiger partial charge is 0.410 e. The third-order valence-electron chi connectivity index (χ3n) is 8.26. The van der Waals surface area contributed by atoms with Crippen LogP contribution in [0.25, 0.3) is 0 Å². The Labute approximate surface area is 245 Å². The van der Waals surface area contributed by atoms with Gasteiger partial charge in [0.25, 0.3) is 0 Å². The lowest BCUT2D eigenvalue weighted by Crippen LogP contribution is -2.65. The first kappa shape index (κ1) is 30.7. The Kier molecular flexibility index (Phi) is 8.95. The van der Waals surface area contributed by atoms with E-state index < -0.39 is 23.2 Å². The summed E-state index contributed by atoms with van der Waals surface area (Å²) >= 11 is 0. The zero-order valence-electron chi connectivity index (χ0n) is 25.9. The molecule has 2 fully saturated rings. The Morgan fingerprint density at radius 1 is 1.00 bits per heavy atom. The number of ether oxygens (including phenoxy) is 1. The minimum atomic E-state index is -0.856. The predicted octanol–water partition coefficient (Wildman–Crippen LogP) is 7.25. The molecule has 1 unspecified atom stereocenters. The van der Waals surface area contributed by atoms with Crippen molar-refractivity contribution in [1.82, 2.24) is 9.88 Å². The Balaban J connectivity index is 1.71. The summed E-state index contributed by atoms with van der Waals surface area (Å²) in [5.41, 5.74) is 0.988. The molecular weight excluding hydrogens is 514 g/mol. The monoisotopic (exact) mass is 561 g/mol. The lowest BCUT2D eigenvalue weighted by Gasteiger charge is -2.49. The van der Waals surface area contributed by atoms with Crippen molar-refractivity contribution in [2.75, 3.05) is 18.0 Å². The van der Waals surface area contributed by atoms with Crippen molar-refractivity contribution in [1.29, 1.82) is 0 Å². The highest BCUT2D eigenvalue weighted by molar-refractivity contribution is 6.05. The summed E-state index contributed by atoms with van der Waals surface area (Å²) in [5, 5.41) is 0. The second kappa shape index (κ2) is 11.9. The van der Waals surface area contributed by atoms with Gasteiger partial charge in [-0.2, -0.15) is 0 Å². The number of carbonyl (C=O) groups excluding carboxylic acids is 3. The van der Waals surface area contributed by atoms with E-state index in [4.69, 9.17) is 4.74 Å². The van der Waals surface area contributed by atoms with E-state index in [1.165, 1.54) is 6.42 Å². The Morgan fingerprint density at radius 2 is 1.63 bits per heavy atom. The molecule has 0 bridgehead atoms. The minimum absolute atomic E-state index is 0.0325. The number of hydrogen-bond acceptors (Lipinski definition) is 5. The predicted molar refractivity (Wildman–Crippen MR) is 162 cm³/mol. The highest BCUT2D eigenvalue weighted by Gasteiger charge is 2.52. The minimum Gasteiger partial charge on any atom is -0.444 e. The number of rotatable bonds is 7. The molecular formula is C34H47N3O4. The summed E-state index contributed by atoms with van der Waals surface area (Å²) in [5.74, 6) is 0.189. The zero-order chi connectivity index (χ0) is 30.0. The van der Waals surface area contributed by atoms with E-state index in [1.807, 2.05) is 64.1 Å². The fourth-order valence-corrected chi connectivity index (χ4v) is 5.99. The normalized spacial score (nSPS) is 18.3. The van der Waals surface area contributed by atoms with Gasteiger partial charge in [-0.1, -0.05) is 71.1 Å². The van der Waals surface area contributed by atoms with Gasteiger partial charge in [-0.3, -0.25) is 19.5 Å². The van der Waals surface area contributed by atoms with Gasteiger partial charge in [-0.25, -0.2) is 4.79 Å². The van der Waals surface area contributed by atoms with Crippen molar-refractivity contribution >= 4 is 23.5 Å². The lowest BCUT2D eigenvalue weighted by atomic mass is 9.79. The summed E-state index contributed by atoms with van der Waals surface area (Å²) in [6, 6.07) is 10.9. The van der Waals surface area contributed by atoms with Crippen LogP contribution in [-0.4, -0.2) is 46.4 Å². The van der Waals surface area contributed by atoms with Crippen LogP contribution in [0.3, 0.4) is 0 Å². The molecule has 1 atom stereocenters. The molecule has 0 radical (unpaired) electrons. The Hall–Kier alpha value is -3.22. The zero-order valence-corrected chi connectivity index (χ0v) is 25.9. The number of Topliss-reactive ketones (excluding diaryl/α,β-unsaturated/α-hetero) is 1. The van der Waals surface area contributed by atoms with Crippen LogP contribution in [0.5, 0.6) is 0 Å². The molecule has 2 heterocycles. The number of pyridine rings is 1. The van der Waals surface area contributed by atoms with Crippen molar-refractivity contribution in [2.24, 2.45) is 11.3 Å². The van der Waals surface area contributed by atoms with Crippen molar-refractivity contribution in [3.05, 3.63) is 59.9 Å². The number of ketones is 1. The number of benzene rings is 1. The first-order chi connectivity index (χ1) is 19.2. The molecule has 4 rings (SSSR count). The molecule has 0 N–H and O–H groups in total. The van der Waals surface area contributed by atoms with E-state index >= 15 is 0 Å². The molecule has 41 heavy (non-hydrogen) atoms. The average Bonchev–Trinajstić information content (AvgIpc) is 2.89. The quantitative estimate of drug-likeness (QED) is 0.356. The van der Waals surface area contributed by atoms with Gasteiger partial charge in [-0.05, 0) is 62.8 Å². The molecule has 1 saturated carbocycles. The molecule has 7 heteroatoms. The molecule has 2 amide bonds. The standard InChI is InChI=1S/C34H47N3O4/c1-32(2,3)26-15-17-27(18-16-26)37(30(39)34(7)22-36(23-34)31(40)41-33(4,5)6)29(25-14-11-19-35-21-25)28(38)20-24-12-9-8-10-13-24/h11,14-19,21,24,29H,8-10,12-13,20,22-23H2,1-7H3. The topological polar surface area (TPSA) is 79.8 Å². The first-order valence-electron chi connectivity index (χ1n) is 15.0. The SMILES string of the molecule is CC(C)(C)OC(=O)N1CC(C)(C(=O)N(c2ccc(C(C)(C)C)cc2)C(C(=O)CC2CCCCC2)c2cccnc2)C1. The van der Waals surface area contributed by atoms with Gasteiger partial charge in [0.1, 0.15) is 11.6 Å². The van der Waals surface area contributed by atoms with Gasteiger partial charge in [0.15, 0.2) is 5.78 Å².